The van der Waals surface area contributed by atoms with Crippen LogP contribution in [0, 0.1) is 0 Å². The van der Waals surface area contributed by atoms with Crippen LogP contribution in [0.5, 0.6) is 0 Å². The van der Waals surface area contributed by atoms with Crippen LogP contribution in [-0.2, 0) is 17.4 Å². The molecule has 0 aromatic heterocycles. The highest BCUT2D eigenvalue weighted by atomic mass is 19.4. The fourth-order valence-corrected chi connectivity index (χ4v) is 2.41. The molecular weight excluding hydrogens is 257 g/mol. The van der Waals surface area contributed by atoms with Gasteiger partial charge in [-0.3, -0.25) is 4.79 Å². The summed E-state index contributed by atoms with van der Waals surface area (Å²) in [5, 5.41) is 10.3. The average molecular weight is 272 g/mol. The van der Waals surface area contributed by atoms with E-state index in [1.165, 1.54) is 6.07 Å². The first-order valence-corrected chi connectivity index (χ1v) is 6.19. The Hall–Kier alpha value is -1.36. The van der Waals surface area contributed by atoms with Crippen molar-refractivity contribution < 1.29 is 23.1 Å². The molecule has 19 heavy (non-hydrogen) atoms. The van der Waals surface area contributed by atoms with Crippen LogP contribution in [0.15, 0.2) is 24.3 Å². The molecule has 1 fully saturated rings. The molecule has 1 saturated carbocycles. The highest BCUT2D eigenvalue weighted by Crippen LogP contribution is 2.33. The van der Waals surface area contributed by atoms with Gasteiger partial charge in [0.2, 0.25) is 0 Å². The van der Waals surface area contributed by atoms with Crippen LogP contribution in [-0.4, -0.2) is 16.5 Å². The van der Waals surface area contributed by atoms with Crippen LogP contribution in [0.2, 0.25) is 0 Å². The summed E-state index contributed by atoms with van der Waals surface area (Å²) in [6.45, 7) is 0. The van der Waals surface area contributed by atoms with Crippen LogP contribution in [0.25, 0.3) is 0 Å². The van der Waals surface area contributed by atoms with Crippen molar-refractivity contribution in [2.24, 2.45) is 0 Å². The molecule has 104 valence electrons. The predicted octanol–water partition coefficient (Wildman–Crippen LogP) is 3.12. The zero-order chi connectivity index (χ0) is 14.1. The largest absolute Gasteiger partial charge is 0.416 e. The lowest BCUT2D eigenvalue weighted by Gasteiger charge is -2.31. The number of alkyl halides is 3. The summed E-state index contributed by atoms with van der Waals surface area (Å²) in [7, 11) is 0. The van der Waals surface area contributed by atoms with Gasteiger partial charge in [-0.1, -0.05) is 18.2 Å². The molecule has 1 aromatic carbocycles. The second-order valence-corrected chi connectivity index (χ2v) is 5.14. The second kappa shape index (κ2) is 4.96. The minimum Gasteiger partial charge on any atom is -0.390 e. The van der Waals surface area contributed by atoms with Gasteiger partial charge in [0, 0.05) is 19.3 Å². The first-order valence-electron chi connectivity index (χ1n) is 6.19. The Morgan fingerprint density at radius 2 is 1.84 bits per heavy atom. The van der Waals surface area contributed by atoms with Gasteiger partial charge < -0.3 is 5.11 Å². The Labute approximate surface area is 109 Å². The van der Waals surface area contributed by atoms with Gasteiger partial charge in [-0.15, -0.1) is 0 Å². The lowest BCUT2D eigenvalue weighted by Crippen LogP contribution is -2.36. The van der Waals surface area contributed by atoms with Gasteiger partial charge in [0.15, 0.2) is 0 Å². The van der Waals surface area contributed by atoms with Gasteiger partial charge in [-0.05, 0) is 24.5 Å². The van der Waals surface area contributed by atoms with Gasteiger partial charge in [-0.25, -0.2) is 0 Å². The normalized spacial score (nSPS) is 19.5. The first-order chi connectivity index (χ1) is 8.78. The number of halogens is 3. The first kappa shape index (κ1) is 14.1. The van der Waals surface area contributed by atoms with Crippen molar-refractivity contribution in [2.45, 2.75) is 43.9 Å². The zero-order valence-electron chi connectivity index (χ0n) is 10.3. The molecule has 1 N–H and O–H groups in total. The molecule has 0 bridgehead atoms. The van der Waals surface area contributed by atoms with Crippen LogP contribution >= 0.6 is 0 Å². The fraction of sp³-hybridized carbons (Fsp3) is 0.500. The van der Waals surface area contributed by atoms with E-state index in [0.717, 1.165) is 12.1 Å². The summed E-state index contributed by atoms with van der Waals surface area (Å²) in [4.78, 5) is 11.1. The Bertz CT molecular complexity index is 470. The lowest BCUT2D eigenvalue weighted by atomic mass is 9.80. The average Bonchev–Trinajstić information content (AvgIpc) is 2.33. The van der Waals surface area contributed by atoms with Crippen molar-refractivity contribution >= 4 is 5.78 Å². The van der Waals surface area contributed by atoms with Crippen molar-refractivity contribution in [3.8, 4) is 0 Å². The molecular formula is C14H15F3O2. The molecule has 2 nitrogen and oxygen atoms in total. The number of Topliss-reactive ketones (excluding diaryl/α,β-unsaturated/α-hetero) is 1. The van der Waals surface area contributed by atoms with Crippen LogP contribution < -0.4 is 0 Å². The quantitative estimate of drug-likeness (QED) is 0.898. The molecule has 5 heteroatoms. The third-order valence-corrected chi connectivity index (χ3v) is 3.53. The molecule has 0 unspecified atom stereocenters. The summed E-state index contributed by atoms with van der Waals surface area (Å²) < 4.78 is 37.8. The molecule has 0 aliphatic heterocycles. The van der Waals surface area contributed by atoms with Crippen molar-refractivity contribution in [1.82, 2.24) is 0 Å². The summed E-state index contributed by atoms with van der Waals surface area (Å²) in [6.07, 6.45) is -2.97. The molecule has 1 aliphatic rings. The number of carbonyl (C=O) groups excluding carboxylic acids is 1. The van der Waals surface area contributed by atoms with Crippen molar-refractivity contribution in [3.05, 3.63) is 35.4 Å². The molecule has 0 atom stereocenters. The number of hydrogen-bond acceptors (Lipinski definition) is 2. The number of hydrogen-bond donors (Lipinski definition) is 1. The highest BCUT2D eigenvalue weighted by Gasteiger charge is 2.34. The SMILES string of the molecule is O=C1CCC(O)(Cc2cccc(C(F)(F)F)c2)CC1. The Morgan fingerprint density at radius 3 is 2.42 bits per heavy atom. The molecule has 0 spiro atoms. The summed E-state index contributed by atoms with van der Waals surface area (Å²) in [5.41, 5.74) is -1.31. The van der Waals surface area contributed by atoms with Crippen LogP contribution in [0.4, 0.5) is 13.2 Å². The van der Waals surface area contributed by atoms with Gasteiger partial charge in [-0.2, -0.15) is 13.2 Å². The van der Waals surface area contributed by atoms with E-state index >= 15 is 0 Å². The van der Waals surface area contributed by atoms with E-state index in [0.29, 0.717) is 31.2 Å². The van der Waals surface area contributed by atoms with Gasteiger partial charge in [0.1, 0.15) is 5.78 Å². The van der Waals surface area contributed by atoms with E-state index in [2.05, 4.69) is 0 Å². The summed E-state index contributed by atoms with van der Waals surface area (Å²) in [6, 6.07) is 4.99. The lowest BCUT2D eigenvalue weighted by molar-refractivity contribution is -0.137. The van der Waals surface area contributed by atoms with E-state index in [4.69, 9.17) is 0 Å². The minimum absolute atomic E-state index is 0.105. The van der Waals surface area contributed by atoms with Gasteiger partial charge in [0.25, 0.3) is 0 Å². The monoisotopic (exact) mass is 272 g/mol. The molecule has 1 aromatic rings. The molecule has 2 rings (SSSR count). The molecule has 0 saturated heterocycles. The maximum atomic E-state index is 12.6. The highest BCUT2D eigenvalue weighted by molar-refractivity contribution is 5.79. The molecule has 0 radical (unpaired) electrons. The van der Waals surface area contributed by atoms with E-state index in [9.17, 15) is 23.1 Å². The van der Waals surface area contributed by atoms with Crippen molar-refractivity contribution in [2.75, 3.05) is 0 Å². The topological polar surface area (TPSA) is 37.3 Å². The number of rotatable bonds is 2. The van der Waals surface area contributed by atoms with Gasteiger partial charge in [0.05, 0.1) is 11.2 Å². The molecule has 0 heterocycles. The predicted molar refractivity (Wildman–Crippen MR) is 63.6 cm³/mol. The Balaban J connectivity index is 2.13. The van der Waals surface area contributed by atoms with Crippen LogP contribution in [0.1, 0.15) is 36.8 Å². The standard InChI is InChI=1S/C14H15F3O2/c15-14(16,17)11-3-1-2-10(8-11)9-13(19)6-4-12(18)5-7-13/h1-3,8,19H,4-7,9H2. The fourth-order valence-electron chi connectivity index (χ4n) is 2.41. The summed E-state index contributed by atoms with van der Waals surface area (Å²) in [5.74, 6) is 0.105. The van der Waals surface area contributed by atoms with E-state index in [1.807, 2.05) is 0 Å². The van der Waals surface area contributed by atoms with E-state index < -0.39 is 17.3 Å². The maximum absolute atomic E-state index is 12.6. The zero-order valence-corrected chi connectivity index (χ0v) is 10.3. The maximum Gasteiger partial charge on any atom is 0.416 e. The third kappa shape index (κ3) is 3.56. The van der Waals surface area contributed by atoms with Crippen LogP contribution in [0.3, 0.4) is 0 Å². The Kier molecular flexibility index (Phi) is 3.67. The van der Waals surface area contributed by atoms with Gasteiger partial charge >= 0.3 is 6.18 Å². The molecule has 0 amide bonds. The number of ketones is 1. The third-order valence-electron chi connectivity index (χ3n) is 3.53. The Morgan fingerprint density at radius 1 is 1.21 bits per heavy atom. The number of benzene rings is 1. The van der Waals surface area contributed by atoms with Crippen molar-refractivity contribution in [1.29, 1.82) is 0 Å². The number of carbonyl (C=O) groups is 1. The van der Waals surface area contributed by atoms with Crippen molar-refractivity contribution in [3.63, 3.8) is 0 Å². The summed E-state index contributed by atoms with van der Waals surface area (Å²) >= 11 is 0. The second-order valence-electron chi connectivity index (χ2n) is 5.14. The van der Waals surface area contributed by atoms with E-state index in [-0.39, 0.29) is 12.2 Å². The minimum atomic E-state index is -4.37. The smallest absolute Gasteiger partial charge is 0.390 e. The number of aliphatic hydroxyl groups is 1. The molecule has 1 aliphatic carbocycles. The van der Waals surface area contributed by atoms with E-state index in [1.54, 1.807) is 6.07 Å².